The van der Waals surface area contributed by atoms with Crippen molar-refractivity contribution in [2.75, 3.05) is 4.90 Å². The van der Waals surface area contributed by atoms with Crippen molar-refractivity contribution in [2.24, 2.45) is 0 Å². The van der Waals surface area contributed by atoms with E-state index in [1.54, 1.807) is 11.0 Å². The third-order valence-corrected chi connectivity index (χ3v) is 8.36. The highest BCUT2D eigenvalue weighted by molar-refractivity contribution is 6.07. The molecule has 0 saturated carbocycles. The van der Waals surface area contributed by atoms with Gasteiger partial charge in [-0.15, -0.1) is 0 Å². The second-order valence-electron chi connectivity index (χ2n) is 11.1. The third kappa shape index (κ3) is 4.37. The van der Waals surface area contributed by atoms with E-state index >= 15 is 0 Å². The first-order valence-electron chi connectivity index (χ1n) is 16.9. The number of anilines is 3. The Labute approximate surface area is 265 Å². The molecule has 212 valence electrons. The molecule has 2 aromatic heterocycles. The van der Waals surface area contributed by atoms with Crippen LogP contribution in [0.25, 0.3) is 66.1 Å². The van der Waals surface area contributed by atoms with Crippen LogP contribution in [0.5, 0.6) is 0 Å². The Morgan fingerprint density at radius 1 is 0.356 bits per heavy atom. The second kappa shape index (κ2) is 10.3. The Morgan fingerprint density at radius 2 is 0.867 bits per heavy atom. The smallest absolute Gasteiger partial charge is 0.137 e. The molecule has 7 aromatic carbocycles. The summed E-state index contributed by atoms with van der Waals surface area (Å²) in [5, 5.41) is 3.86. The number of rotatable bonds is 5. The summed E-state index contributed by atoms with van der Waals surface area (Å²) in [4.78, 5) is 1.79. The molecule has 0 bridgehead atoms. The van der Waals surface area contributed by atoms with Crippen molar-refractivity contribution in [3.63, 3.8) is 0 Å². The zero-order valence-electron chi connectivity index (χ0n) is 28.0. The van der Waals surface area contributed by atoms with Crippen LogP contribution in [0.1, 0.15) is 5.48 Å². The van der Waals surface area contributed by atoms with Crippen molar-refractivity contribution < 1.29 is 14.3 Å². The minimum Gasteiger partial charge on any atom is -0.456 e. The number of para-hydroxylation sites is 2. The average molecular weight is 582 g/mol. The highest BCUT2D eigenvalue weighted by atomic mass is 16.3. The summed E-state index contributed by atoms with van der Waals surface area (Å²) in [7, 11) is 0. The van der Waals surface area contributed by atoms with Crippen LogP contribution in [-0.4, -0.2) is 0 Å². The van der Waals surface area contributed by atoms with E-state index in [2.05, 4.69) is 0 Å². The van der Waals surface area contributed by atoms with Crippen LogP contribution in [0.4, 0.5) is 17.1 Å². The van der Waals surface area contributed by atoms with Gasteiger partial charge in [-0.25, -0.2) is 0 Å². The van der Waals surface area contributed by atoms with Crippen LogP contribution in [0.15, 0.2) is 173 Å². The van der Waals surface area contributed by atoms with Crippen molar-refractivity contribution >= 4 is 60.9 Å². The average Bonchev–Trinajstić information content (AvgIpc) is 3.71. The second-order valence-corrected chi connectivity index (χ2v) is 11.1. The molecule has 3 heteroatoms. The molecule has 0 atom stereocenters. The monoisotopic (exact) mass is 581 g/mol. The van der Waals surface area contributed by atoms with Crippen molar-refractivity contribution in [1.82, 2.24) is 0 Å². The summed E-state index contributed by atoms with van der Waals surface area (Å²) in [5.41, 5.74) is 7.14. The van der Waals surface area contributed by atoms with Gasteiger partial charge in [-0.05, 0) is 82.9 Å². The van der Waals surface area contributed by atoms with Gasteiger partial charge in [0.05, 0.1) is 5.48 Å². The van der Waals surface area contributed by atoms with Gasteiger partial charge in [0, 0.05) is 44.7 Å². The highest BCUT2D eigenvalue weighted by Gasteiger charge is 2.16. The van der Waals surface area contributed by atoms with Gasteiger partial charge in [0.1, 0.15) is 22.3 Å². The Morgan fingerprint density at radius 3 is 1.56 bits per heavy atom. The van der Waals surface area contributed by atoms with E-state index < -0.39 is 0 Å². The predicted octanol–water partition coefficient (Wildman–Crippen LogP) is 12.3. The lowest BCUT2D eigenvalue weighted by Crippen LogP contribution is -2.09. The number of fused-ring (bicyclic) bond motifs is 6. The Balaban J connectivity index is 1.23. The van der Waals surface area contributed by atoms with E-state index in [4.69, 9.17) is 8.83 Å². The molecule has 9 rings (SSSR count). The van der Waals surface area contributed by atoms with Crippen molar-refractivity contribution in [3.05, 3.63) is 164 Å². The summed E-state index contributed by atoms with van der Waals surface area (Å²) in [6.07, 6.45) is 0. The van der Waals surface area contributed by atoms with Crippen LogP contribution in [0.3, 0.4) is 0 Å². The summed E-state index contributed by atoms with van der Waals surface area (Å²) in [5.74, 6) is 0. The first-order chi connectivity index (χ1) is 24.0. The molecule has 0 amide bonds. The van der Waals surface area contributed by atoms with Crippen LogP contribution >= 0.6 is 0 Å². The van der Waals surface area contributed by atoms with Gasteiger partial charge in [-0.3, -0.25) is 0 Å². The standard InChI is InChI=1S/C42H27NO2/c1-2-8-28(9-3-1)29-14-19-32(20-15-29)43(34-23-25-38-36-11-5-7-13-40(36)45-42(38)27-34)33-21-16-30(17-22-33)31-18-24-37-35-10-4-6-12-39(35)44-41(37)26-31/h1-27H/i16D,17D,21D,22D. The summed E-state index contributed by atoms with van der Waals surface area (Å²) >= 11 is 0. The maximum absolute atomic E-state index is 9.35. The Hall–Kier alpha value is -6.06. The van der Waals surface area contributed by atoms with Crippen LogP contribution in [0, 0.1) is 0 Å². The predicted molar refractivity (Wildman–Crippen MR) is 187 cm³/mol. The van der Waals surface area contributed by atoms with E-state index in [1.807, 2.05) is 133 Å². The molecule has 0 aliphatic rings. The fourth-order valence-electron chi connectivity index (χ4n) is 6.14. The first-order valence-corrected chi connectivity index (χ1v) is 14.9. The van der Waals surface area contributed by atoms with Gasteiger partial charge >= 0.3 is 0 Å². The fourth-order valence-corrected chi connectivity index (χ4v) is 6.14. The molecule has 0 aliphatic heterocycles. The van der Waals surface area contributed by atoms with Gasteiger partial charge in [-0.2, -0.15) is 0 Å². The first kappa shape index (κ1) is 21.6. The van der Waals surface area contributed by atoms with E-state index in [1.165, 1.54) is 0 Å². The molecule has 0 saturated heterocycles. The molecular formula is C42H27NO2. The number of nitrogens with zero attached hydrogens (tertiary/aromatic N) is 1. The van der Waals surface area contributed by atoms with Gasteiger partial charge in [0.2, 0.25) is 0 Å². The third-order valence-electron chi connectivity index (χ3n) is 8.36. The molecule has 0 fully saturated rings. The molecule has 9 aromatic rings. The maximum Gasteiger partial charge on any atom is 0.137 e. The van der Waals surface area contributed by atoms with Gasteiger partial charge < -0.3 is 13.7 Å². The molecule has 3 nitrogen and oxygen atoms in total. The molecule has 0 N–H and O–H groups in total. The SMILES string of the molecule is [2H]c1c([2H])c(N(c2ccc(-c3ccccc3)cc2)c2ccc3c(c2)oc2ccccc23)c([2H])c([2H])c1-c1ccc2c(c1)oc1ccccc12. The number of hydrogen-bond acceptors (Lipinski definition) is 3. The summed E-state index contributed by atoms with van der Waals surface area (Å²) in [6.45, 7) is 0. The summed E-state index contributed by atoms with van der Waals surface area (Å²) < 4.78 is 49.5. The lowest BCUT2D eigenvalue weighted by atomic mass is 10.0. The molecule has 2 heterocycles. The van der Waals surface area contributed by atoms with E-state index in [9.17, 15) is 5.48 Å². The zero-order valence-corrected chi connectivity index (χ0v) is 24.0. The van der Waals surface area contributed by atoms with Crippen molar-refractivity contribution in [1.29, 1.82) is 0 Å². The topological polar surface area (TPSA) is 29.5 Å². The molecular weight excluding hydrogens is 550 g/mol. The number of furan rings is 2. The largest absolute Gasteiger partial charge is 0.456 e. The van der Waals surface area contributed by atoms with Crippen molar-refractivity contribution in [3.8, 4) is 22.3 Å². The van der Waals surface area contributed by atoms with Gasteiger partial charge in [0.15, 0.2) is 0 Å². The molecule has 0 aliphatic carbocycles. The van der Waals surface area contributed by atoms with Gasteiger partial charge in [-0.1, -0.05) is 97.0 Å². The maximum atomic E-state index is 9.35. The van der Waals surface area contributed by atoms with Crippen LogP contribution in [-0.2, 0) is 0 Å². The highest BCUT2D eigenvalue weighted by Crippen LogP contribution is 2.40. The van der Waals surface area contributed by atoms with Gasteiger partial charge in [0.25, 0.3) is 0 Å². The molecule has 45 heavy (non-hydrogen) atoms. The van der Waals surface area contributed by atoms with Crippen LogP contribution < -0.4 is 4.90 Å². The normalized spacial score (nSPS) is 12.8. The molecule has 0 spiro atoms. The quantitative estimate of drug-likeness (QED) is 0.202. The van der Waals surface area contributed by atoms with Crippen LogP contribution in [0.2, 0.25) is 0 Å². The number of benzene rings is 7. The zero-order chi connectivity index (χ0) is 33.2. The van der Waals surface area contributed by atoms with E-state index in [0.29, 0.717) is 28.1 Å². The molecule has 0 unspecified atom stereocenters. The Kier molecular flexibility index (Phi) is 4.94. The Bertz CT molecular complexity index is 2680. The fraction of sp³-hybridized carbons (Fsp3) is 0. The lowest BCUT2D eigenvalue weighted by molar-refractivity contribution is 0.668. The minimum absolute atomic E-state index is 0.137. The minimum atomic E-state index is -0.155. The van der Waals surface area contributed by atoms with E-state index in [0.717, 1.165) is 43.8 Å². The van der Waals surface area contributed by atoms with Crippen molar-refractivity contribution in [2.45, 2.75) is 0 Å². The lowest BCUT2D eigenvalue weighted by Gasteiger charge is -2.26. The number of hydrogen-bond donors (Lipinski definition) is 0. The molecule has 0 radical (unpaired) electrons. The van der Waals surface area contributed by atoms with E-state index in [-0.39, 0.29) is 35.4 Å². The summed E-state index contributed by atoms with van der Waals surface area (Å²) in [6, 6.07) is 44.4.